The summed E-state index contributed by atoms with van der Waals surface area (Å²) in [6.07, 6.45) is 9.64. The molecular weight excluding hydrogens is 232 g/mol. The van der Waals surface area contributed by atoms with Crippen LogP contribution in [0, 0.1) is 17.3 Å². The summed E-state index contributed by atoms with van der Waals surface area (Å²) in [5.74, 6) is 1.83. The second-order valence-corrected chi connectivity index (χ2v) is 8.25. The Balaban J connectivity index is 1.92. The minimum atomic E-state index is 0.303. The highest BCUT2D eigenvalue weighted by Gasteiger charge is 2.41. The van der Waals surface area contributed by atoms with Crippen molar-refractivity contribution < 1.29 is 0 Å². The van der Waals surface area contributed by atoms with E-state index in [1.165, 1.54) is 51.5 Å². The van der Waals surface area contributed by atoms with Gasteiger partial charge in [-0.25, -0.2) is 0 Å². The molecule has 0 radical (unpaired) electrons. The summed E-state index contributed by atoms with van der Waals surface area (Å²) in [7, 11) is 2.32. The van der Waals surface area contributed by atoms with E-state index in [9.17, 15) is 0 Å². The Morgan fingerprint density at radius 3 is 2.05 bits per heavy atom. The Labute approximate surface area is 120 Å². The van der Waals surface area contributed by atoms with Crippen molar-refractivity contribution >= 4 is 0 Å². The summed E-state index contributed by atoms with van der Waals surface area (Å²) in [6, 6.07) is 0. The first-order valence-electron chi connectivity index (χ1n) is 8.29. The van der Waals surface area contributed by atoms with E-state index >= 15 is 0 Å². The molecule has 2 aliphatic carbocycles. The lowest BCUT2D eigenvalue weighted by atomic mass is 9.66. The minimum Gasteiger partial charge on any atom is -0.329 e. The molecule has 19 heavy (non-hydrogen) atoms. The fourth-order valence-electron chi connectivity index (χ4n) is 4.02. The number of hydrogen-bond donors (Lipinski definition) is 1. The maximum atomic E-state index is 6.19. The molecule has 2 saturated carbocycles. The predicted octanol–water partition coefficient (Wildman–Crippen LogP) is 3.65. The van der Waals surface area contributed by atoms with E-state index in [1.54, 1.807) is 0 Å². The van der Waals surface area contributed by atoms with Crippen LogP contribution in [-0.4, -0.2) is 30.6 Å². The topological polar surface area (TPSA) is 29.3 Å². The second kappa shape index (κ2) is 5.73. The highest BCUT2D eigenvalue weighted by molar-refractivity contribution is 4.97. The lowest BCUT2D eigenvalue weighted by molar-refractivity contribution is 0.0208. The van der Waals surface area contributed by atoms with Crippen molar-refractivity contribution in [2.24, 2.45) is 23.0 Å². The lowest BCUT2D eigenvalue weighted by Crippen LogP contribution is -2.56. The molecule has 2 nitrogen and oxygen atoms in total. The maximum absolute atomic E-state index is 6.19. The van der Waals surface area contributed by atoms with E-state index in [1.807, 2.05) is 0 Å². The first-order valence-corrected chi connectivity index (χ1v) is 8.29. The lowest BCUT2D eigenvalue weighted by Gasteiger charge is -2.50. The Bertz CT molecular complexity index is 280. The van der Waals surface area contributed by atoms with Gasteiger partial charge in [0.25, 0.3) is 0 Å². The van der Waals surface area contributed by atoms with E-state index in [0.717, 1.165) is 18.4 Å². The minimum absolute atomic E-state index is 0.303. The molecule has 0 saturated heterocycles. The molecule has 2 aliphatic rings. The molecule has 0 unspecified atom stereocenters. The molecule has 0 amide bonds. The summed E-state index contributed by atoms with van der Waals surface area (Å²) in [5, 5.41) is 0. The van der Waals surface area contributed by atoms with Crippen molar-refractivity contribution in [1.29, 1.82) is 0 Å². The zero-order chi connectivity index (χ0) is 14.1. The highest BCUT2D eigenvalue weighted by Crippen LogP contribution is 2.43. The van der Waals surface area contributed by atoms with Crippen LogP contribution < -0.4 is 5.73 Å². The van der Waals surface area contributed by atoms with Crippen LogP contribution >= 0.6 is 0 Å². The fraction of sp³-hybridized carbons (Fsp3) is 1.00. The van der Waals surface area contributed by atoms with Crippen LogP contribution in [0.1, 0.15) is 65.7 Å². The third kappa shape index (κ3) is 3.33. The SMILES string of the molecule is CN(CC1CCC1)C1(CN)CCC(C(C)(C)C)CC1. The van der Waals surface area contributed by atoms with Crippen molar-refractivity contribution in [1.82, 2.24) is 4.90 Å². The highest BCUT2D eigenvalue weighted by atomic mass is 15.2. The van der Waals surface area contributed by atoms with Crippen LogP contribution in [0.4, 0.5) is 0 Å². The summed E-state index contributed by atoms with van der Waals surface area (Å²) in [5.41, 5.74) is 6.96. The quantitative estimate of drug-likeness (QED) is 0.841. The largest absolute Gasteiger partial charge is 0.329 e. The standard InChI is InChI=1S/C17H34N2/c1-16(2,3)15-8-10-17(13-18,11-9-15)19(4)12-14-6-5-7-14/h14-15H,5-13,18H2,1-4H3. The average molecular weight is 266 g/mol. The molecule has 2 N–H and O–H groups in total. The predicted molar refractivity (Wildman–Crippen MR) is 83.2 cm³/mol. The average Bonchev–Trinajstić information content (AvgIpc) is 2.32. The molecular formula is C17H34N2. The van der Waals surface area contributed by atoms with Crippen LogP contribution in [0.5, 0.6) is 0 Å². The fourth-order valence-corrected chi connectivity index (χ4v) is 4.02. The van der Waals surface area contributed by atoms with E-state index < -0.39 is 0 Å². The van der Waals surface area contributed by atoms with Gasteiger partial charge in [0.2, 0.25) is 0 Å². The smallest absolute Gasteiger partial charge is 0.0329 e. The van der Waals surface area contributed by atoms with Gasteiger partial charge in [-0.15, -0.1) is 0 Å². The van der Waals surface area contributed by atoms with Gasteiger partial charge in [-0.3, -0.25) is 4.90 Å². The first-order chi connectivity index (χ1) is 8.87. The number of nitrogens with two attached hydrogens (primary N) is 1. The third-order valence-corrected chi connectivity index (χ3v) is 6.09. The molecule has 112 valence electrons. The van der Waals surface area contributed by atoms with Crippen molar-refractivity contribution in [2.75, 3.05) is 20.1 Å². The zero-order valence-electron chi connectivity index (χ0n) is 13.5. The molecule has 0 aliphatic heterocycles. The van der Waals surface area contributed by atoms with Crippen molar-refractivity contribution in [3.8, 4) is 0 Å². The Morgan fingerprint density at radius 2 is 1.68 bits per heavy atom. The van der Waals surface area contributed by atoms with Gasteiger partial charge in [0.05, 0.1) is 0 Å². The molecule has 0 aromatic carbocycles. The van der Waals surface area contributed by atoms with Crippen molar-refractivity contribution in [2.45, 2.75) is 71.3 Å². The van der Waals surface area contributed by atoms with Crippen LogP contribution in [0.25, 0.3) is 0 Å². The number of likely N-dealkylation sites (N-methyl/N-ethyl adjacent to an activating group) is 1. The summed E-state index contributed by atoms with van der Waals surface area (Å²) in [6.45, 7) is 9.30. The Kier molecular flexibility index (Phi) is 4.62. The number of hydrogen-bond acceptors (Lipinski definition) is 2. The summed E-state index contributed by atoms with van der Waals surface area (Å²) in [4.78, 5) is 2.62. The maximum Gasteiger partial charge on any atom is 0.0329 e. The Morgan fingerprint density at radius 1 is 1.11 bits per heavy atom. The van der Waals surface area contributed by atoms with E-state index in [0.29, 0.717) is 11.0 Å². The first kappa shape index (κ1) is 15.3. The monoisotopic (exact) mass is 266 g/mol. The molecule has 0 aromatic rings. The van der Waals surface area contributed by atoms with Gasteiger partial charge >= 0.3 is 0 Å². The van der Waals surface area contributed by atoms with Gasteiger partial charge < -0.3 is 5.73 Å². The summed E-state index contributed by atoms with van der Waals surface area (Å²) >= 11 is 0. The van der Waals surface area contributed by atoms with Gasteiger partial charge in [0, 0.05) is 18.6 Å². The number of nitrogens with zero attached hydrogens (tertiary/aromatic N) is 1. The van der Waals surface area contributed by atoms with E-state index in [-0.39, 0.29) is 0 Å². The van der Waals surface area contributed by atoms with E-state index in [4.69, 9.17) is 5.73 Å². The molecule has 0 spiro atoms. The van der Waals surface area contributed by atoms with Crippen molar-refractivity contribution in [3.63, 3.8) is 0 Å². The van der Waals surface area contributed by atoms with Gasteiger partial charge in [-0.1, -0.05) is 27.2 Å². The molecule has 0 aromatic heterocycles. The van der Waals surface area contributed by atoms with Crippen LogP contribution in [0.15, 0.2) is 0 Å². The van der Waals surface area contributed by atoms with Gasteiger partial charge in [0.1, 0.15) is 0 Å². The number of rotatable bonds is 4. The molecule has 2 fully saturated rings. The van der Waals surface area contributed by atoms with Gasteiger partial charge in [0.15, 0.2) is 0 Å². The van der Waals surface area contributed by atoms with Crippen LogP contribution in [0.2, 0.25) is 0 Å². The van der Waals surface area contributed by atoms with Crippen LogP contribution in [-0.2, 0) is 0 Å². The third-order valence-electron chi connectivity index (χ3n) is 6.09. The Hall–Kier alpha value is -0.0800. The second-order valence-electron chi connectivity index (χ2n) is 8.25. The molecule has 2 rings (SSSR count). The normalized spacial score (nSPS) is 33.5. The van der Waals surface area contributed by atoms with Gasteiger partial charge in [-0.05, 0) is 62.8 Å². The molecule has 0 heterocycles. The molecule has 0 bridgehead atoms. The zero-order valence-corrected chi connectivity index (χ0v) is 13.5. The van der Waals surface area contributed by atoms with Crippen LogP contribution in [0.3, 0.4) is 0 Å². The molecule has 0 atom stereocenters. The molecule has 2 heteroatoms. The van der Waals surface area contributed by atoms with Gasteiger partial charge in [-0.2, -0.15) is 0 Å². The van der Waals surface area contributed by atoms with Crippen molar-refractivity contribution in [3.05, 3.63) is 0 Å². The van der Waals surface area contributed by atoms with E-state index in [2.05, 4.69) is 32.7 Å². The summed E-state index contributed by atoms with van der Waals surface area (Å²) < 4.78 is 0.